The first-order chi connectivity index (χ1) is 17.7. The molecule has 3 heterocycles. The molecule has 2 aromatic heterocycles. The SMILES string of the molecule is CC(C)(C)OC(=O)N1CCN(c2cc(C(=O)NO)cc(-c3ccc(C#Cc4cccnc4)cc3)n2)CC1. The Balaban J connectivity index is 1.54. The van der Waals surface area contributed by atoms with Gasteiger partial charge in [-0.1, -0.05) is 24.0 Å². The van der Waals surface area contributed by atoms with Gasteiger partial charge in [0, 0.05) is 60.8 Å². The number of aromatic nitrogens is 2. The van der Waals surface area contributed by atoms with Crippen LogP contribution in [0.15, 0.2) is 60.9 Å². The van der Waals surface area contributed by atoms with E-state index in [9.17, 15) is 14.8 Å². The molecular formula is C28H29N5O4. The number of rotatable bonds is 3. The van der Waals surface area contributed by atoms with E-state index in [0.717, 1.165) is 16.7 Å². The fraction of sp³-hybridized carbons (Fsp3) is 0.286. The Bertz CT molecular complexity index is 1320. The Morgan fingerprint density at radius 2 is 1.70 bits per heavy atom. The smallest absolute Gasteiger partial charge is 0.410 e. The summed E-state index contributed by atoms with van der Waals surface area (Å²) in [5.41, 5.74) is 4.45. The van der Waals surface area contributed by atoms with Gasteiger partial charge in [0.2, 0.25) is 0 Å². The molecule has 1 aromatic carbocycles. The van der Waals surface area contributed by atoms with Crippen molar-refractivity contribution in [1.29, 1.82) is 0 Å². The number of piperazine rings is 1. The third-order valence-corrected chi connectivity index (χ3v) is 5.62. The van der Waals surface area contributed by atoms with Crippen molar-refractivity contribution < 1.29 is 19.5 Å². The zero-order chi connectivity index (χ0) is 26.4. The predicted molar refractivity (Wildman–Crippen MR) is 139 cm³/mol. The lowest BCUT2D eigenvalue weighted by molar-refractivity contribution is 0.0240. The molecule has 4 rings (SSSR count). The highest BCUT2D eigenvalue weighted by Crippen LogP contribution is 2.25. The first kappa shape index (κ1) is 25.7. The summed E-state index contributed by atoms with van der Waals surface area (Å²) in [5, 5.41) is 9.22. The van der Waals surface area contributed by atoms with Crippen LogP contribution in [-0.2, 0) is 4.74 Å². The lowest BCUT2D eigenvalue weighted by atomic mass is 10.1. The molecule has 9 nitrogen and oxygen atoms in total. The van der Waals surface area contributed by atoms with Crippen molar-refractivity contribution >= 4 is 17.8 Å². The van der Waals surface area contributed by atoms with Crippen molar-refractivity contribution in [1.82, 2.24) is 20.3 Å². The van der Waals surface area contributed by atoms with Gasteiger partial charge >= 0.3 is 6.09 Å². The molecule has 1 aliphatic heterocycles. The van der Waals surface area contributed by atoms with Gasteiger partial charge in [-0.05, 0) is 57.2 Å². The molecule has 0 radical (unpaired) electrons. The fourth-order valence-corrected chi connectivity index (χ4v) is 3.77. The molecule has 1 saturated heterocycles. The highest BCUT2D eigenvalue weighted by molar-refractivity contribution is 5.95. The van der Waals surface area contributed by atoms with Crippen molar-refractivity contribution in [2.45, 2.75) is 26.4 Å². The summed E-state index contributed by atoms with van der Waals surface area (Å²) in [6.45, 7) is 7.50. The average molecular weight is 500 g/mol. The molecule has 1 aliphatic rings. The minimum atomic E-state index is -0.628. The van der Waals surface area contributed by atoms with E-state index in [1.807, 2.05) is 62.1 Å². The summed E-state index contributed by atoms with van der Waals surface area (Å²) in [7, 11) is 0. The van der Waals surface area contributed by atoms with E-state index in [-0.39, 0.29) is 11.7 Å². The van der Waals surface area contributed by atoms with Crippen LogP contribution in [0.4, 0.5) is 10.6 Å². The standard InChI is InChI=1S/C28H29N5O4/c1-28(2,3)37-27(35)33-15-13-32(14-16-33)25-18-23(26(34)31-36)17-24(30-25)22-10-8-20(9-11-22)6-7-21-5-4-12-29-19-21/h4-5,8-12,17-19,36H,13-16H2,1-3H3,(H,31,34). The molecule has 0 bridgehead atoms. The minimum absolute atomic E-state index is 0.275. The van der Waals surface area contributed by atoms with Crippen molar-refractivity contribution in [3.05, 3.63) is 77.6 Å². The number of hydroxylamine groups is 1. The molecule has 37 heavy (non-hydrogen) atoms. The van der Waals surface area contributed by atoms with Crippen LogP contribution in [-0.4, -0.2) is 63.9 Å². The molecule has 9 heteroatoms. The molecule has 3 aromatic rings. The van der Waals surface area contributed by atoms with Crippen LogP contribution in [0.3, 0.4) is 0 Å². The lowest BCUT2D eigenvalue weighted by Crippen LogP contribution is -2.50. The second-order valence-corrected chi connectivity index (χ2v) is 9.56. The van der Waals surface area contributed by atoms with Crippen LogP contribution in [0, 0.1) is 11.8 Å². The quantitative estimate of drug-likeness (QED) is 0.321. The van der Waals surface area contributed by atoms with E-state index in [1.54, 1.807) is 34.9 Å². The van der Waals surface area contributed by atoms with Crippen LogP contribution in [0.2, 0.25) is 0 Å². The number of nitrogens with one attached hydrogen (secondary N) is 1. The summed E-state index contributed by atoms with van der Waals surface area (Å²) in [6.07, 6.45) is 3.06. The van der Waals surface area contributed by atoms with Gasteiger partial charge in [0.15, 0.2) is 0 Å². The number of hydrogen-bond donors (Lipinski definition) is 2. The van der Waals surface area contributed by atoms with E-state index >= 15 is 0 Å². The van der Waals surface area contributed by atoms with Crippen LogP contribution in [0.5, 0.6) is 0 Å². The molecule has 0 spiro atoms. The van der Waals surface area contributed by atoms with Gasteiger partial charge in [0.05, 0.1) is 5.69 Å². The maximum absolute atomic E-state index is 12.4. The Morgan fingerprint density at radius 3 is 2.32 bits per heavy atom. The molecule has 0 saturated carbocycles. The second-order valence-electron chi connectivity index (χ2n) is 9.56. The van der Waals surface area contributed by atoms with Gasteiger partial charge in [-0.2, -0.15) is 0 Å². The van der Waals surface area contributed by atoms with E-state index in [1.165, 1.54) is 0 Å². The maximum atomic E-state index is 12.4. The Labute approximate surface area is 216 Å². The molecular weight excluding hydrogens is 470 g/mol. The number of benzene rings is 1. The molecule has 2 N–H and O–H groups in total. The van der Waals surface area contributed by atoms with E-state index in [4.69, 9.17) is 9.72 Å². The Hall–Kier alpha value is -4.42. The van der Waals surface area contributed by atoms with Gasteiger partial charge in [-0.15, -0.1) is 0 Å². The topological polar surface area (TPSA) is 108 Å². The number of amides is 2. The van der Waals surface area contributed by atoms with E-state index in [0.29, 0.717) is 37.7 Å². The van der Waals surface area contributed by atoms with Gasteiger partial charge in [0.1, 0.15) is 11.4 Å². The van der Waals surface area contributed by atoms with E-state index < -0.39 is 11.5 Å². The van der Waals surface area contributed by atoms with Crippen molar-refractivity contribution in [3.63, 3.8) is 0 Å². The van der Waals surface area contributed by atoms with Crippen molar-refractivity contribution in [3.8, 4) is 23.1 Å². The Morgan fingerprint density at radius 1 is 1.00 bits per heavy atom. The first-order valence-electron chi connectivity index (χ1n) is 11.9. The second kappa shape index (κ2) is 11.1. The van der Waals surface area contributed by atoms with Gasteiger partial charge in [0.25, 0.3) is 5.91 Å². The third-order valence-electron chi connectivity index (χ3n) is 5.62. The number of hydrogen-bond acceptors (Lipinski definition) is 7. The highest BCUT2D eigenvalue weighted by Gasteiger charge is 2.27. The normalized spacial score (nSPS) is 13.4. The molecule has 0 atom stereocenters. The van der Waals surface area contributed by atoms with Gasteiger partial charge in [-0.3, -0.25) is 15.0 Å². The van der Waals surface area contributed by atoms with Crippen LogP contribution in [0.25, 0.3) is 11.3 Å². The zero-order valence-electron chi connectivity index (χ0n) is 21.1. The molecule has 190 valence electrons. The maximum Gasteiger partial charge on any atom is 0.410 e. The number of pyridine rings is 2. The molecule has 0 unspecified atom stereocenters. The van der Waals surface area contributed by atoms with Crippen molar-refractivity contribution in [2.24, 2.45) is 0 Å². The van der Waals surface area contributed by atoms with Crippen LogP contribution in [0.1, 0.15) is 42.3 Å². The summed E-state index contributed by atoms with van der Waals surface area (Å²) in [4.78, 5) is 37.2. The lowest BCUT2D eigenvalue weighted by Gasteiger charge is -2.36. The summed E-state index contributed by atoms with van der Waals surface area (Å²) in [6, 6.07) is 14.5. The van der Waals surface area contributed by atoms with Gasteiger partial charge < -0.3 is 14.5 Å². The summed E-state index contributed by atoms with van der Waals surface area (Å²) < 4.78 is 5.47. The summed E-state index contributed by atoms with van der Waals surface area (Å²) >= 11 is 0. The third kappa shape index (κ3) is 6.84. The van der Waals surface area contributed by atoms with Crippen LogP contribution < -0.4 is 10.4 Å². The van der Waals surface area contributed by atoms with Gasteiger partial charge in [-0.25, -0.2) is 15.3 Å². The van der Waals surface area contributed by atoms with Crippen LogP contribution >= 0.6 is 0 Å². The molecule has 2 amide bonds. The Kier molecular flexibility index (Phi) is 7.70. The predicted octanol–water partition coefficient (Wildman–Crippen LogP) is 3.72. The number of nitrogens with zero attached hydrogens (tertiary/aromatic N) is 4. The van der Waals surface area contributed by atoms with E-state index in [2.05, 4.69) is 16.8 Å². The molecule has 0 aliphatic carbocycles. The molecule has 1 fully saturated rings. The zero-order valence-corrected chi connectivity index (χ0v) is 21.1. The first-order valence-corrected chi connectivity index (χ1v) is 11.9. The fourth-order valence-electron chi connectivity index (χ4n) is 3.77. The monoisotopic (exact) mass is 499 g/mol. The largest absolute Gasteiger partial charge is 0.444 e. The minimum Gasteiger partial charge on any atom is -0.444 e. The summed E-state index contributed by atoms with van der Waals surface area (Å²) in [5.74, 6) is 6.14. The number of carbonyl (C=O) groups excluding carboxylic acids is 2. The highest BCUT2D eigenvalue weighted by atomic mass is 16.6. The van der Waals surface area contributed by atoms with Crippen molar-refractivity contribution in [2.75, 3.05) is 31.1 Å². The number of ether oxygens (including phenoxy) is 1. The number of carbonyl (C=O) groups is 2. The number of anilines is 1. The average Bonchev–Trinajstić information content (AvgIpc) is 2.91.